The van der Waals surface area contributed by atoms with Crippen molar-refractivity contribution in [2.24, 2.45) is 11.1 Å². The first-order valence-electron chi connectivity index (χ1n) is 8.47. The summed E-state index contributed by atoms with van der Waals surface area (Å²) in [5.74, 6) is 0.129. The Bertz CT molecular complexity index is 545. The molecule has 0 saturated heterocycles. The lowest BCUT2D eigenvalue weighted by Crippen LogP contribution is -2.40. The molecule has 134 valence electrons. The fourth-order valence-corrected chi connectivity index (χ4v) is 2.26. The Hall–Kier alpha value is -1.88. The van der Waals surface area contributed by atoms with Gasteiger partial charge in [0.15, 0.2) is 0 Å². The van der Waals surface area contributed by atoms with Crippen molar-refractivity contribution in [3.8, 4) is 0 Å². The monoisotopic (exact) mass is 333 g/mol. The molecular weight excluding hydrogens is 302 g/mol. The van der Waals surface area contributed by atoms with Gasteiger partial charge >= 0.3 is 0 Å². The lowest BCUT2D eigenvalue weighted by Gasteiger charge is -2.17. The molecule has 0 spiro atoms. The summed E-state index contributed by atoms with van der Waals surface area (Å²) in [4.78, 5) is 23.5. The van der Waals surface area contributed by atoms with E-state index in [4.69, 9.17) is 5.73 Å². The van der Waals surface area contributed by atoms with E-state index in [1.165, 1.54) is 5.56 Å². The van der Waals surface area contributed by atoms with E-state index in [1.807, 2.05) is 32.9 Å². The Morgan fingerprint density at radius 2 is 1.54 bits per heavy atom. The average molecular weight is 333 g/mol. The van der Waals surface area contributed by atoms with Crippen molar-refractivity contribution < 1.29 is 9.59 Å². The second-order valence-electron chi connectivity index (χ2n) is 7.75. The van der Waals surface area contributed by atoms with E-state index in [9.17, 15) is 9.59 Å². The minimum Gasteiger partial charge on any atom is -0.353 e. The van der Waals surface area contributed by atoms with E-state index >= 15 is 0 Å². The van der Waals surface area contributed by atoms with Gasteiger partial charge in [-0.3, -0.25) is 9.59 Å². The van der Waals surface area contributed by atoms with Crippen molar-refractivity contribution >= 4 is 11.8 Å². The Morgan fingerprint density at radius 3 is 2.04 bits per heavy atom. The zero-order chi connectivity index (χ0) is 18.3. The van der Waals surface area contributed by atoms with E-state index in [0.29, 0.717) is 18.9 Å². The number of rotatable bonds is 7. The maximum atomic E-state index is 11.8. The molecular formula is C19H31N3O2. The van der Waals surface area contributed by atoms with Gasteiger partial charge in [-0.2, -0.15) is 0 Å². The molecule has 1 unspecified atom stereocenters. The molecule has 1 rings (SSSR count). The summed E-state index contributed by atoms with van der Waals surface area (Å²) in [5, 5.41) is 5.39. The normalized spacial score (nSPS) is 12.8. The second kappa shape index (κ2) is 8.83. The highest BCUT2D eigenvalue weighted by atomic mass is 16.2. The van der Waals surface area contributed by atoms with Gasteiger partial charge < -0.3 is 16.4 Å². The summed E-state index contributed by atoms with van der Waals surface area (Å²) in [6.07, 6.45) is 0.391. The van der Waals surface area contributed by atoms with Crippen molar-refractivity contribution in [3.63, 3.8) is 0 Å². The average Bonchev–Trinajstić information content (AvgIpc) is 2.49. The molecule has 0 heterocycles. The van der Waals surface area contributed by atoms with E-state index in [-0.39, 0.29) is 29.8 Å². The quantitative estimate of drug-likeness (QED) is 0.717. The molecule has 0 radical (unpaired) electrons. The number of hydrogen-bond acceptors (Lipinski definition) is 3. The lowest BCUT2D eigenvalue weighted by molar-refractivity contribution is -0.127. The van der Waals surface area contributed by atoms with Crippen molar-refractivity contribution in [2.75, 3.05) is 13.1 Å². The molecule has 0 fully saturated rings. The molecule has 1 aromatic carbocycles. The summed E-state index contributed by atoms with van der Waals surface area (Å²) < 4.78 is 0. The molecule has 5 heteroatoms. The molecule has 0 saturated carbocycles. The van der Waals surface area contributed by atoms with Crippen LogP contribution in [-0.4, -0.2) is 24.9 Å². The standard InChI is InChI=1S/C19H31N3O2/c1-13(2)14-6-8-15(9-7-14)16(20)11-21-18(24)12-22-17(23)10-19(3,4)5/h6-9,13,16H,10-12,20H2,1-5H3,(H,21,24)(H,22,23). The van der Waals surface area contributed by atoms with Gasteiger partial charge in [0.25, 0.3) is 0 Å². The zero-order valence-corrected chi connectivity index (χ0v) is 15.5. The maximum Gasteiger partial charge on any atom is 0.239 e. The van der Waals surface area contributed by atoms with Crippen molar-refractivity contribution in [3.05, 3.63) is 35.4 Å². The molecule has 0 aliphatic rings. The topological polar surface area (TPSA) is 84.2 Å². The SMILES string of the molecule is CC(C)c1ccc(C(N)CNC(=O)CNC(=O)CC(C)(C)C)cc1. The highest BCUT2D eigenvalue weighted by molar-refractivity contribution is 5.84. The Morgan fingerprint density at radius 1 is 1.00 bits per heavy atom. The van der Waals surface area contributed by atoms with E-state index in [2.05, 4.69) is 36.6 Å². The number of hydrogen-bond donors (Lipinski definition) is 3. The first kappa shape index (κ1) is 20.2. The lowest BCUT2D eigenvalue weighted by atomic mass is 9.92. The fourth-order valence-electron chi connectivity index (χ4n) is 2.26. The summed E-state index contributed by atoms with van der Waals surface area (Å²) in [6.45, 7) is 10.6. The molecule has 24 heavy (non-hydrogen) atoms. The van der Waals surface area contributed by atoms with Gasteiger partial charge in [0, 0.05) is 19.0 Å². The predicted octanol–water partition coefficient (Wildman–Crippen LogP) is 2.48. The van der Waals surface area contributed by atoms with Crippen LogP contribution in [0.25, 0.3) is 0 Å². The largest absolute Gasteiger partial charge is 0.353 e. The predicted molar refractivity (Wildman–Crippen MR) is 97.6 cm³/mol. The zero-order valence-electron chi connectivity index (χ0n) is 15.5. The van der Waals surface area contributed by atoms with E-state index < -0.39 is 0 Å². The van der Waals surface area contributed by atoms with Gasteiger partial charge in [-0.05, 0) is 22.5 Å². The Balaban J connectivity index is 2.37. The minimum absolute atomic E-state index is 0.0199. The third-order valence-corrected chi connectivity index (χ3v) is 3.69. The first-order chi connectivity index (χ1) is 11.1. The van der Waals surface area contributed by atoms with Gasteiger partial charge in [-0.15, -0.1) is 0 Å². The number of carbonyl (C=O) groups is 2. The van der Waals surface area contributed by atoms with Crippen LogP contribution in [0.2, 0.25) is 0 Å². The van der Waals surface area contributed by atoms with Crippen LogP contribution >= 0.6 is 0 Å². The second-order valence-corrected chi connectivity index (χ2v) is 7.75. The van der Waals surface area contributed by atoms with Crippen LogP contribution in [-0.2, 0) is 9.59 Å². The highest BCUT2D eigenvalue weighted by Gasteiger charge is 2.16. The van der Waals surface area contributed by atoms with Gasteiger partial charge in [-0.1, -0.05) is 58.9 Å². The van der Waals surface area contributed by atoms with E-state index in [1.54, 1.807) is 0 Å². The molecule has 2 amide bonds. The number of benzene rings is 1. The van der Waals surface area contributed by atoms with Gasteiger partial charge in [0.1, 0.15) is 0 Å². The molecule has 0 bridgehead atoms. The molecule has 0 aliphatic carbocycles. The van der Waals surface area contributed by atoms with Crippen LogP contribution in [0.15, 0.2) is 24.3 Å². The number of nitrogens with one attached hydrogen (secondary N) is 2. The molecule has 4 N–H and O–H groups in total. The maximum absolute atomic E-state index is 11.8. The highest BCUT2D eigenvalue weighted by Crippen LogP contribution is 2.18. The molecule has 0 aliphatic heterocycles. The van der Waals surface area contributed by atoms with Gasteiger partial charge in [0.2, 0.25) is 11.8 Å². The number of nitrogens with two attached hydrogens (primary N) is 1. The minimum atomic E-state index is -0.263. The van der Waals surface area contributed by atoms with Crippen molar-refractivity contribution in [1.29, 1.82) is 0 Å². The molecule has 1 aromatic rings. The third kappa shape index (κ3) is 7.59. The number of amides is 2. The van der Waals surface area contributed by atoms with E-state index in [0.717, 1.165) is 5.56 Å². The number of carbonyl (C=O) groups excluding carboxylic acids is 2. The summed E-state index contributed by atoms with van der Waals surface area (Å²) in [5.41, 5.74) is 8.26. The molecule has 0 aromatic heterocycles. The van der Waals surface area contributed by atoms with Crippen molar-refractivity contribution in [1.82, 2.24) is 10.6 Å². The summed E-state index contributed by atoms with van der Waals surface area (Å²) >= 11 is 0. The van der Waals surface area contributed by atoms with Crippen LogP contribution in [0.3, 0.4) is 0 Å². The van der Waals surface area contributed by atoms with Gasteiger partial charge in [0.05, 0.1) is 6.54 Å². The van der Waals surface area contributed by atoms with Crippen molar-refractivity contribution in [2.45, 2.75) is 53.0 Å². The van der Waals surface area contributed by atoms with Crippen LogP contribution < -0.4 is 16.4 Å². The fraction of sp³-hybridized carbons (Fsp3) is 0.579. The summed E-state index contributed by atoms with van der Waals surface area (Å²) in [6, 6.07) is 7.86. The smallest absolute Gasteiger partial charge is 0.239 e. The first-order valence-corrected chi connectivity index (χ1v) is 8.47. The van der Waals surface area contributed by atoms with Crippen LogP contribution in [0.5, 0.6) is 0 Å². The molecule has 5 nitrogen and oxygen atoms in total. The summed E-state index contributed by atoms with van der Waals surface area (Å²) in [7, 11) is 0. The van der Waals surface area contributed by atoms with Crippen LogP contribution in [0.1, 0.15) is 64.1 Å². The Labute approximate surface area is 145 Å². The van der Waals surface area contributed by atoms with Crippen LogP contribution in [0.4, 0.5) is 0 Å². The van der Waals surface area contributed by atoms with Gasteiger partial charge in [-0.25, -0.2) is 0 Å². The van der Waals surface area contributed by atoms with Crippen LogP contribution in [0, 0.1) is 5.41 Å². The molecule has 1 atom stereocenters. The Kier molecular flexibility index (Phi) is 7.42. The third-order valence-electron chi connectivity index (χ3n) is 3.69.